The number of nitrogens with zero attached hydrogens (tertiary/aromatic N) is 2. The molecule has 2 aromatic heterocycles. The predicted octanol–water partition coefficient (Wildman–Crippen LogP) is 3.03. The zero-order valence-electron chi connectivity index (χ0n) is 14.6. The standard InChI is InChI=1S/C17H17N3O6S/c1-23-12-6-5-11(9-14(12)24-2)20-27(21,22)15-8-7-13(25-15)17-19-18-16(26-17)10-3-4-10/h5-10,20H,3-4H2,1-2H3. The summed E-state index contributed by atoms with van der Waals surface area (Å²) in [6, 6.07) is 7.48. The molecule has 27 heavy (non-hydrogen) atoms. The molecule has 1 saturated carbocycles. The molecular weight excluding hydrogens is 374 g/mol. The zero-order chi connectivity index (χ0) is 19.0. The minimum Gasteiger partial charge on any atom is -0.493 e. The highest BCUT2D eigenvalue weighted by Crippen LogP contribution is 2.40. The summed E-state index contributed by atoms with van der Waals surface area (Å²) in [5.41, 5.74) is 0.305. The third-order valence-electron chi connectivity index (χ3n) is 4.06. The van der Waals surface area contributed by atoms with E-state index < -0.39 is 10.0 Å². The Morgan fingerprint density at radius 3 is 2.52 bits per heavy atom. The van der Waals surface area contributed by atoms with Crippen LogP contribution >= 0.6 is 0 Å². The lowest BCUT2D eigenvalue weighted by Crippen LogP contribution is -2.12. The first kappa shape index (κ1) is 17.4. The zero-order valence-corrected chi connectivity index (χ0v) is 15.4. The van der Waals surface area contributed by atoms with Gasteiger partial charge in [-0.2, -0.15) is 8.42 Å². The molecule has 10 heteroatoms. The molecule has 1 N–H and O–H groups in total. The molecule has 9 nitrogen and oxygen atoms in total. The molecule has 1 aromatic carbocycles. The van der Waals surface area contributed by atoms with Crippen molar-refractivity contribution >= 4 is 15.7 Å². The van der Waals surface area contributed by atoms with Crippen molar-refractivity contribution in [2.45, 2.75) is 23.9 Å². The number of rotatable bonds is 7. The molecule has 0 radical (unpaired) electrons. The third kappa shape index (κ3) is 3.47. The quantitative estimate of drug-likeness (QED) is 0.653. The number of benzene rings is 1. The first-order chi connectivity index (χ1) is 13.0. The molecular formula is C17H17N3O6S. The number of sulfonamides is 1. The van der Waals surface area contributed by atoms with Gasteiger partial charge in [-0.25, -0.2) is 0 Å². The van der Waals surface area contributed by atoms with E-state index in [2.05, 4.69) is 14.9 Å². The summed E-state index contributed by atoms with van der Waals surface area (Å²) in [6.07, 6.45) is 2.04. The van der Waals surface area contributed by atoms with E-state index in [-0.39, 0.29) is 16.7 Å². The lowest BCUT2D eigenvalue weighted by Gasteiger charge is -2.10. The number of furan rings is 1. The minimum atomic E-state index is -3.95. The van der Waals surface area contributed by atoms with E-state index in [1.165, 1.54) is 32.4 Å². The topological polar surface area (TPSA) is 117 Å². The maximum absolute atomic E-state index is 12.6. The Hall–Kier alpha value is -3.01. The number of nitrogens with one attached hydrogen (secondary N) is 1. The fourth-order valence-electron chi connectivity index (χ4n) is 2.51. The van der Waals surface area contributed by atoms with Crippen LogP contribution in [0.5, 0.6) is 11.5 Å². The van der Waals surface area contributed by atoms with E-state index >= 15 is 0 Å². The van der Waals surface area contributed by atoms with Crippen LogP contribution in [0.1, 0.15) is 24.7 Å². The van der Waals surface area contributed by atoms with Crippen LogP contribution in [0.25, 0.3) is 11.7 Å². The van der Waals surface area contributed by atoms with E-state index in [4.69, 9.17) is 18.3 Å². The van der Waals surface area contributed by atoms with Crippen LogP contribution in [0.4, 0.5) is 5.69 Å². The first-order valence-corrected chi connectivity index (χ1v) is 9.67. The second-order valence-corrected chi connectivity index (χ2v) is 7.63. The van der Waals surface area contributed by atoms with Gasteiger partial charge < -0.3 is 18.3 Å². The third-order valence-corrected chi connectivity index (χ3v) is 5.31. The van der Waals surface area contributed by atoms with Gasteiger partial charge in [-0.3, -0.25) is 4.72 Å². The Balaban J connectivity index is 1.56. The summed E-state index contributed by atoms with van der Waals surface area (Å²) in [4.78, 5) is 0. The molecule has 142 valence electrons. The van der Waals surface area contributed by atoms with Crippen LogP contribution in [-0.2, 0) is 10.0 Å². The summed E-state index contributed by atoms with van der Waals surface area (Å²) in [6.45, 7) is 0. The molecule has 1 aliphatic rings. The van der Waals surface area contributed by atoms with Crippen LogP contribution in [-0.4, -0.2) is 32.8 Å². The number of ether oxygens (including phenoxy) is 2. The normalized spacial score (nSPS) is 14.1. The van der Waals surface area contributed by atoms with E-state index in [1.807, 2.05) is 0 Å². The second-order valence-electron chi connectivity index (χ2n) is 6.01. The van der Waals surface area contributed by atoms with Gasteiger partial charge in [0, 0.05) is 12.0 Å². The maximum Gasteiger partial charge on any atom is 0.295 e. The molecule has 2 heterocycles. The van der Waals surface area contributed by atoms with E-state index in [0.717, 1.165) is 12.8 Å². The van der Waals surface area contributed by atoms with Gasteiger partial charge >= 0.3 is 0 Å². The van der Waals surface area contributed by atoms with Crippen molar-refractivity contribution < 1.29 is 26.7 Å². The molecule has 0 atom stereocenters. The average Bonchev–Trinajstić information content (AvgIpc) is 3.18. The van der Waals surface area contributed by atoms with E-state index in [9.17, 15) is 8.42 Å². The summed E-state index contributed by atoms with van der Waals surface area (Å²) in [7, 11) is -0.979. The summed E-state index contributed by atoms with van der Waals surface area (Å²) in [5, 5.41) is 7.61. The molecule has 3 aromatic rings. The molecule has 0 aliphatic heterocycles. The number of aromatic nitrogens is 2. The number of methoxy groups -OCH3 is 2. The Morgan fingerprint density at radius 1 is 1.04 bits per heavy atom. The number of anilines is 1. The van der Waals surface area contributed by atoms with Crippen molar-refractivity contribution in [3.8, 4) is 23.1 Å². The van der Waals surface area contributed by atoms with Crippen molar-refractivity contribution in [1.29, 1.82) is 0 Å². The van der Waals surface area contributed by atoms with Gasteiger partial charge in [-0.15, -0.1) is 10.2 Å². The SMILES string of the molecule is COc1ccc(NS(=O)(=O)c2ccc(-c3nnc(C4CC4)o3)o2)cc1OC. The van der Waals surface area contributed by atoms with Gasteiger partial charge in [0.25, 0.3) is 15.9 Å². The summed E-state index contributed by atoms with van der Waals surface area (Å²) in [5.74, 6) is 2.09. The van der Waals surface area contributed by atoms with Crippen LogP contribution in [0.15, 0.2) is 44.3 Å². The highest BCUT2D eigenvalue weighted by atomic mass is 32.2. The predicted molar refractivity (Wildman–Crippen MR) is 94.3 cm³/mol. The molecule has 0 saturated heterocycles. The number of hydrogen-bond donors (Lipinski definition) is 1. The highest BCUT2D eigenvalue weighted by molar-refractivity contribution is 7.92. The van der Waals surface area contributed by atoms with Crippen molar-refractivity contribution in [2.75, 3.05) is 18.9 Å². The Labute approximate surface area is 155 Å². The summed E-state index contributed by atoms with van der Waals surface area (Å²) >= 11 is 0. The first-order valence-electron chi connectivity index (χ1n) is 8.18. The minimum absolute atomic E-state index is 0.157. The second kappa shape index (κ2) is 6.62. The van der Waals surface area contributed by atoms with Gasteiger partial charge in [0.05, 0.1) is 19.9 Å². The van der Waals surface area contributed by atoms with Crippen molar-refractivity contribution in [3.05, 3.63) is 36.2 Å². The van der Waals surface area contributed by atoms with Gasteiger partial charge in [0.1, 0.15) is 0 Å². The van der Waals surface area contributed by atoms with Crippen LogP contribution in [0, 0.1) is 0 Å². The van der Waals surface area contributed by atoms with Crippen LogP contribution in [0.3, 0.4) is 0 Å². The number of hydrogen-bond acceptors (Lipinski definition) is 8. The van der Waals surface area contributed by atoms with Gasteiger partial charge in [0.2, 0.25) is 11.0 Å². The lowest BCUT2D eigenvalue weighted by atomic mass is 10.3. The van der Waals surface area contributed by atoms with E-state index in [0.29, 0.717) is 29.0 Å². The molecule has 0 spiro atoms. The Morgan fingerprint density at radius 2 is 1.81 bits per heavy atom. The molecule has 0 unspecified atom stereocenters. The van der Waals surface area contributed by atoms with Crippen molar-refractivity contribution in [3.63, 3.8) is 0 Å². The molecule has 1 fully saturated rings. The summed E-state index contributed by atoms with van der Waals surface area (Å²) < 4.78 is 48.9. The fraction of sp³-hybridized carbons (Fsp3) is 0.294. The molecule has 1 aliphatic carbocycles. The average molecular weight is 391 g/mol. The van der Waals surface area contributed by atoms with Gasteiger partial charge in [0.15, 0.2) is 17.3 Å². The molecule has 0 bridgehead atoms. The smallest absolute Gasteiger partial charge is 0.295 e. The van der Waals surface area contributed by atoms with Gasteiger partial charge in [-0.1, -0.05) is 0 Å². The largest absolute Gasteiger partial charge is 0.493 e. The molecule has 4 rings (SSSR count). The van der Waals surface area contributed by atoms with Crippen molar-refractivity contribution in [1.82, 2.24) is 10.2 Å². The van der Waals surface area contributed by atoms with E-state index in [1.54, 1.807) is 12.1 Å². The Kier molecular flexibility index (Phi) is 4.27. The van der Waals surface area contributed by atoms with Crippen molar-refractivity contribution in [2.24, 2.45) is 0 Å². The van der Waals surface area contributed by atoms with Gasteiger partial charge in [-0.05, 0) is 37.1 Å². The lowest BCUT2D eigenvalue weighted by molar-refractivity contribution is 0.355. The monoisotopic (exact) mass is 391 g/mol. The van der Waals surface area contributed by atoms with Crippen LogP contribution < -0.4 is 14.2 Å². The fourth-order valence-corrected chi connectivity index (χ4v) is 3.50. The van der Waals surface area contributed by atoms with Crippen LogP contribution in [0.2, 0.25) is 0 Å². The Bertz CT molecular complexity index is 1070. The maximum atomic E-state index is 12.6. The highest BCUT2D eigenvalue weighted by Gasteiger charge is 2.30. The molecule has 0 amide bonds.